The van der Waals surface area contributed by atoms with E-state index >= 15 is 0 Å². The van der Waals surface area contributed by atoms with Crippen LogP contribution < -0.4 is 4.72 Å². The van der Waals surface area contributed by atoms with E-state index in [4.69, 9.17) is 5.11 Å². The third-order valence-corrected chi connectivity index (χ3v) is 4.13. The van der Waals surface area contributed by atoms with E-state index in [1.54, 1.807) is 12.1 Å². The number of benzene rings is 1. The van der Waals surface area contributed by atoms with Crippen molar-refractivity contribution in [3.63, 3.8) is 0 Å². The fourth-order valence-corrected chi connectivity index (χ4v) is 2.77. The molecule has 0 radical (unpaired) electrons. The van der Waals surface area contributed by atoms with Gasteiger partial charge in [-0.2, -0.15) is 17.4 Å². The van der Waals surface area contributed by atoms with E-state index in [9.17, 15) is 13.2 Å². The van der Waals surface area contributed by atoms with Crippen LogP contribution in [-0.4, -0.2) is 36.9 Å². The number of carbonyl (C=O) groups is 1. The molecule has 0 bridgehead atoms. The molecule has 0 saturated carbocycles. The molecule has 0 atom stereocenters. The Balaban J connectivity index is 2.80. The Morgan fingerprint density at radius 1 is 1.29 bits per heavy atom. The summed E-state index contributed by atoms with van der Waals surface area (Å²) in [5.41, 5.74) is 0.677. The Morgan fingerprint density at radius 3 is 2.43 bits per heavy atom. The summed E-state index contributed by atoms with van der Waals surface area (Å²) in [5.74, 6) is -1.06. The number of hydrogen-bond acceptors (Lipinski definition) is 3. The molecule has 0 saturated heterocycles. The molecule has 7 heteroatoms. The third kappa shape index (κ3) is 5.14. The molecule has 0 aliphatic heterocycles. The van der Waals surface area contributed by atoms with E-state index in [1.807, 2.05) is 0 Å². The molecule has 1 aromatic rings. The second-order valence-electron chi connectivity index (χ2n) is 4.23. The molecule has 1 rings (SSSR count). The lowest BCUT2D eigenvalue weighted by molar-refractivity contribution is 0.0696. The van der Waals surface area contributed by atoms with Gasteiger partial charge in [0.1, 0.15) is 0 Å². The summed E-state index contributed by atoms with van der Waals surface area (Å²) in [7, 11) is -3.68. The number of carboxylic acids is 1. The lowest BCUT2D eigenvalue weighted by Crippen LogP contribution is -2.40. The maximum absolute atomic E-state index is 12.1. The van der Waals surface area contributed by atoms with Gasteiger partial charge in [-0.25, -0.2) is 4.79 Å². The molecule has 0 unspecified atom stereocenters. The molecule has 114 valence electrons. The lowest BCUT2D eigenvalue weighted by atomic mass is 10.1. The number of nitrogens with zero attached hydrogens (tertiary/aromatic N) is 1. The largest absolute Gasteiger partial charge is 0.478 e. The normalized spacial score (nSPS) is 11.3. The van der Waals surface area contributed by atoms with Crippen molar-refractivity contribution in [2.24, 2.45) is 0 Å². The van der Waals surface area contributed by atoms with Gasteiger partial charge in [0.15, 0.2) is 0 Å². The van der Waals surface area contributed by atoms with Crippen molar-refractivity contribution >= 4 is 16.2 Å². The van der Waals surface area contributed by atoms with Gasteiger partial charge in [-0.05, 0) is 17.7 Å². The van der Waals surface area contributed by atoms with Crippen LogP contribution in [0.3, 0.4) is 0 Å². The Morgan fingerprint density at radius 2 is 1.90 bits per heavy atom. The van der Waals surface area contributed by atoms with Crippen LogP contribution in [0, 0.1) is 0 Å². The zero-order valence-corrected chi connectivity index (χ0v) is 12.3. The average Bonchev–Trinajstić information content (AvgIpc) is 2.45. The number of rotatable bonds is 9. The van der Waals surface area contributed by atoms with Gasteiger partial charge in [0.2, 0.25) is 0 Å². The second-order valence-corrected chi connectivity index (χ2v) is 5.98. The molecule has 0 aliphatic rings. The predicted molar refractivity (Wildman–Crippen MR) is 81.1 cm³/mol. The summed E-state index contributed by atoms with van der Waals surface area (Å²) in [6.07, 6.45) is 2.96. The van der Waals surface area contributed by atoms with Crippen LogP contribution in [-0.2, 0) is 16.8 Å². The number of hydrogen-bond donors (Lipinski definition) is 2. The van der Waals surface area contributed by atoms with Crippen LogP contribution in [0.2, 0.25) is 0 Å². The van der Waals surface area contributed by atoms with Crippen molar-refractivity contribution in [1.82, 2.24) is 9.03 Å². The quantitative estimate of drug-likeness (QED) is 0.675. The van der Waals surface area contributed by atoms with Crippen molar-refractivity contribution in [3.8, 4) is 0 Å². The molecule has 0 amide bonds. The van der Waals surface area contributed by atoms with Crippen LogP contribution in [0.5, 0.6) is 0 Å². The van der Waals surface area contributed by atoms with Gasteiger partial charge in [0.05, 0.1) is 5.56 Å². The van der Waals surface area contributed by atoms with Crippen molar-refractivity contribution in [2.75, 3.05) is 13.1 Å². The molecular weight excluding hydrogens is 292 g/mol. The first-order valence-electron chi connectivity index (χ1n) is 6.19. The molecule has 0 heterocycles. The van der Waals surface area contributed by atoms with E-state index in [0.29, 0.717) is 5.56 Å². The Kier molecular flexibility index (Phi) is 6.29. The first-order valence-corrected chi connectivity index (χ1v) is 7.63. The fourth-order valence-electron chi connectivity index (χ4n) is 1.64. The predicted octanol–water partition coefficient (Wildman–Crippen LogP) is 1.39. The summed E-state index contributed by atoms with van der Waals surface area (Å²) in [4.78, 5) is 10.9. The molecule has 6 nitrogen and oxygen atoms in total. The van der Waals surface area contributed by atoms with E-state index in [0.717, 1.165) is 0 Å². The monoisotopic (exact) mass is 310 g/mol. The molecule has 0 aliphatic carbocycles. The minimum Gasteiger partial charge on any atom is -0.478 e. The lowest BCUT2D eigenvalue weighted by Gasteiger charge is -2.19. The highest BCUT2D eigenvalue weighted by molar-refractivity contribution is 7.87. The van der Waals surface area contributed by atoms with Gasteiger partial charge >= 0.3 is 5.97 Å². The van der Waals surface area contributed by atoms with Gasteiger partial charge in [0.25, 0.3) is 10.2 Å². The van der Waals surface area contributed by atoms with Crippen LogP contribution >= 0.6 is 0 Å². The number of nitrogens with one attached hydrogen (secondary N) is 1. The third-order valence-electron chi connectivity index (χ3n) is 2.64. The van der Waals surface area contributed by atoms with Gasteiger partial charge in [-0.3, -0.25) is 0 Å². The Bertz CT molecular complexity index is 616. The van der Waals surface area contributed by atoms with Gasteiger partial charge < -0.3 is 5.11 Å². The number of aromatic carboxylic acids is 1. The van der Waals surface area contributed by atoms with E-state index in [1.165, 1.54) is 28.6 Å². The molecule has 2 N–H and O–H groups in total. The maximum Gasteiger partial charge on any atom is 0.335 e. The first-order chi connectivity index (χ1) is 9.90. The smallest absolute Gasteiger partial charge is 0.335 e. The molecule has 0 fully saturated rings. The minimum atomic E-state index is -3.68. The van der Waals surface area contributed by atoms with Gasteiger partial charge in [0, 0.05) is 19.6 Å². The van der Waals surface area contributed by atoms with Crippen LogP contribution in [0.25, 0.3) is 0 Å². The first kappa shape index (κ1) is 17.1. The van der Waals surface area contributed by atoms with Crippen molar-refractivity contribution in [1.29, 1.82) is 0 Å². The van der Waals surface area contributed by atoms with Crippen LogP contribution in [0.15, 0.2) is 49.6 Å². The van der Waals surface area contributed by atoms with Crippen LogP contribution in [0.1, 0.15) is 15.9 Å². The summed E-state index contributed by atoms with van der Waals surface area (Å²) in [6, 6.07) is 6.09. The Hall–Kier alpha value is -1.96. The minimum absolute atomic E-state index is 0.00817. The molecule has 0 aromatic heterocycles. The summed E-state index contributed by atoms with van der Waals surface area (Å²) >= 11 is 0. The molecule has 0 spiro atoms. The van der Waals surface area contributed by atoms with Crippen molar-refractivity contribution in [2.45, 2.75) is 6.54 Å². The zero-order chi connectivity index (χ0) is 15.9. The summed E-state index contributed by atoms with van der Waals surface area (Å²) in [6.45, 7) is 7.36. The SMILES string of the molecule is C=CCN(CC=C)S(=O)(=O)NCc1cccc(C(=O)O)c1. The van der Waals surface area contributed by atoms with Crippen molar-refractivity contribution in [3.05, 3.63) is 60.7 Å². The van der Waals surface area contributed by atoms with Crippen molar-refractivity contribution < 1.29 is 18.3 Å². The fraction of sp³-hybridized carbons (Fsp3) is 0.214. The highest BCUT2D eigenvalue weighted by Crippen LogP contribution is 2.07. The van der Waals surface area contributed by atoms with Gasteiger partial charge in [-0.15, -0.1) is 13.2 Å². The average molecular weight is 310 g/mol. The highest BCUT2D eigenvalue weighted by Gasteiger charge is 2.18. The second kappa shape index (κ2) is 7.72. The highest BCUT2D eigenvalue weighted by atomic mass is 32.2. The zero-order valence-electron chi connectivity index (χ0n) is 11.5. The van der Waals surface area contributed by atoms with Gasteiger partial charge in [-0.1, -0.05) is 24.3 Å². The summed E-state index contributed by atoms with van der Waals surface area (Å²) < 4.78 is 27.8. The standard InChI is InChI=1S/C14H18N2O4S/c1-3-8-16(9-4-2)21(19,20)15-11-12-6-5-7-13(10-12)14(17)18/h3-7,10,15H,1-2,8-9,11H2,(H,17,18). The van der Waals surface area contributed by atoms with E-state index in [2.05, 4.69) is 17.9 Å². The molecule has 1 aromatic carbocycles. The Labute approximate surface area is 124 Å². The molecular formula is C14H18N2O4S. The van der Waals surface area contributed by atoms with E-state index < -0.39 is 16.2 Å². The topological polar surface area (TPSA) is 86.7 Å². The maximum atomic E-state index is 12.1. The summed E-state index contributed by atoms with van der Waals surface area (Å²) in [5, 5.41) is 8.90. The van der Waals surface area contributed by atoms with E-state index in [-0.39, 0.29) is 25.2 Å². The molecule has 21 heavy (non-hydrogen) atoms. The van der Waals surface area contributed by atoms with Crippen LogP contribution in [0.4, 0.5) is 0 Å². The number of carboxylic acid groups (broad SMARTS) is 1.